The molecule has 0 aliphatic heterocycles. The summed E-state index contributed by atoms with van der Waals surface area (Å²) < 4.78 is 0.696. The Morgan fingerprint density at radius 1 is 1.12 bits per heavy atom. The molecule has 5 nitrogen and oxygen atoms in total. The van der Waals surface area contributed by atoms with Gasteiger partial charge in [0.1, 0.15) is 0 Å². The van der Waals surface area contributed by atoms with E-state index in [4.69, 9.17) is 0 Å². The van der Waals surface area contributed by atoms with Gasteiger partial charge < -0.3 is 5.32 Å². The molecule has 25 heavy (non-hydrogen) atoms. The molecule has 1 aromatic carbocycles. The zero-order chi connectivity index (χ0) is 17.6. The number of rotatable bonds is 4. The molecule has 2 aromatic rings. The molecule has 7 heteroatoms. The third kappa shape index (κ3) is 4.89. The lowest BCUT2D eigenvalue weighted by Gasteiger charge is -2.15. The number of hydrogen-bond donors (Lipinski definition) is 2. The molecule has 3 rings (SSSR count). The third-order valence-electron chi connectivity index (χ3n) is 4.37. The van der Waals surface area contributed by atoms with Crippen molar-refractivity contribution >= 4 is 49.9 Å². The van der Waals surface area contributed by atoms with Gasteiger partial charge in [0.05, 0.1) is 5.69 Å². The number of aromatic nitrogens is 1. The van der Waals surface area contributed by atoms with E-state index >= 15 is 0 Å². The Balaban J connectivity index is 1.65. The molecule has 1 aliphatic rings. The summed E-state index contributed by atoms with van der Waals surface area (Å²) in [5.74, 6) is -0.0674. The van der Waals surface area contributed by atoms with Crippen LogP contribution in [0.1, 0.15) is 48.9 Å². The molecule has 132 valence electrons. The Morgan fingerprint density at radius 3 is 2.52 bits per heavy atom. The molecule has 0 bridgehead atoms. The second-order valence-corrected chi connectivity index (χ2v) is 7.91. The number of carbonyl (C=O) groups excluding carboxylic acids is 2. The zero-order valence-corrected chi connectivity index (χ0v) is 16.2. The van der Waals surface area contributed by atoms with Crippen LogP contribution < -0.4 is 10.6 Å². The number of thiazole rings is 1. The number of anilines is 2. The average Bonchev–Trinajstić information content (AvgIpc) is 2.95. The van der Waals surface area contributed by atoms with Crippen LogP contribution in [0.3, 0.4) is 0 Å². The summed E-state index contributed by atoms with van der Waals surface area (Å²) in [4.78, 5) is 28.8. The van der Waals surface area contributed by atoms with Crippen molar-refractivity contribution in [1.29, 1.82) is 0 Å². The van der Waals surface area contributed by atoms with Gasteiger partial charge in [-0.15, -0.1) is 11.3 Å². The number of halogens is 1. The Kier molecular flexibility index (Phi) is 6.20. The summed E-state index contributed by atoms with van der Waals surface area (Å²) >= 11 is 4.82. The maximum Gasteiger partial charge on any atom is 0.257 e. The quantitative estimate of drug-likeness (QED) is 0.676. The summed E-state index contributed by atoms with van der Waals surface area (Å²) in [6.45, 7) is 0. The fourth-order valence-corrected chi connectivity index (χ4v) is 3.99. The maximum absolute atomic E-state index is 12.5. The monoisotopic (exact) mass is 421 g/mol. The molecule has 1 heterocycles. The molecule has 2 amide bonds. The summed E-state index contributed by atoms with van der Waals surface area (Å²) in [6.07, 6.45) is 8.23. The van der Waals surface area contributed by atoms with Gasteiger partial charge >= 0.3 is 0 Å². The Morgan fingerprint density at radius 2 is 1.88 bits per heavy atom. The first kappa shape index (κ1) is 18.1. The van der Waals surface area contributed by atoms with Gasteiger partial charge in [0, 0.05) is 27.5 Å². The molecule has 1 fully saturated rings. The van der Waals surface area contributed by atoms with Crippen LogP contribution in [0.5, 0.6) is 0 Å². The van der Waals surface area contributed by atoms with Crippen molar-refractivity contribution in [2.75, 3.05) is 10.6 Å². The van der Waals surface area contributed by atoms with Crippen molar-refractivity contribution in [3.8, 4) is 0 Å². The standard InChI is InChI=1S/C18H20BrN3O2S/c19-14-11-13(17(24)22-18-20-9-10-25-18)7-8-15(14)21-16(23)12-5-3-1-2-4-6-12/h7-12H,1-6H2,(H,21,23)(H,20,22,24). The first-order valence-corrected chi connectivity index (χ1v) is 10.1. The van der Waals surface area contributed by atoms with Crippen molar-refractivity contribution in [2.24, 2.45) is 5.92 Å². The molecule has 0 saturated heterocycles. The van der Waals surface area contributed by atoms with Crippen molar-refractivity contribution in [1.82, 2.24) is 4.98 Å². The zero-order valence-electron chi connectivity index (χ0n) is 13.8. The molecule has 0 spiro atoms. The number of nitrogens with one attached hydrogen (secondary N) is 2. The van der Waals surface area contributed by atoms with Crippen LogP contribution in [0.2, 0.25) is 0 Å². The largest absolute Gasteiger partial charge is 0.325 e. The minimum atomic E-state index is -0.225. The van der Waals surface area contributed by atoms with Gasteiger partial charge in [0.15, 0.2) is 5.13 Å². The summed E-state index contributed by atoms with van der Waals surface area (Å²) in [6, 6.07) is 5.18. The van der Waals surface area contributed by atoms with Crippen LogP contribution in [0.4, 0.5) is 10.8 Å². The van der Waals surface area contributed by atoms with Crippen molar-refractivity contribution < 1.29 is 9.59 Å². The number of amides is 2. The fourth-order valence-electron chi connectivity index (χ4n) is 2.99. The van der Waals surface area contributed by atoms with Crippen LogP contribution in [-0.4, -0.2) is 16.8 Å². The van der Waals surface area contributed by atoms with E-state index in [0.29, 0.717) is 20.9 Å². The Hall–Kier alpha value is -1.73. The van der Waals surface area contributed by atoms with Crippen molar-refractivity contribution in [2.45, 2.75) is 38.5 Å². The number of carbonyl (C=O) groups is 2. The second-order valence-electron chi connectivity index (χ2n) is 6.16. The molecule has 1 aliphatic carbocycles. The molecule has 0 unspecified atom stereocenters. The fraction of sp³-hybridized carbons (Fsp3) is 0.389. The van der Waals surface area contributed by atoms with Gasteiger partial charge in [0.25, 0.3) is 5.91 Å². The summed E-state index contributed by atoms with van der Waals surface area (Å²) in [5.41, 5.74) is 1.20. The lowest BCUT2D eigenvalue weighted by molar-refractivity contribution is -0.120. The lowest BCUT2D eigenvalue weighted by atomic mass is 9.99. The van der Waals surface area contributed by atoms with Gasteiger partial charge in [-0.25, -0.2) is 4.98 Å². The van der Waals surface area contributed by atoms with Gasteiger partial charge in [-0.1, -0.05) is 25.7 Å². The molecule has 2 N–H and O–H groups in total. The highest BCUT2D eigenvalue weighted by molar-refractivity contribution is 9.10. The van der Waals surface area contributed by atoms with Gasteiger partial charge in [-0.2, -0.15) is 0 Å². The smallest absolute Gasteiger partial charge is 0.257 e. The van der Waals surface area contributed by atoms with E-state index in [1.165, 1.54) is 24.2 Å². The van der Waals surface area contributed by atoms with E-state index in [1.807, 2.05) is 0 Å². The molecule has 1 saturated carbocycles. The van der Waals surface area contributed by atoms with Crippen LogP contribution in [0.15, 0.2) is 34.2 Å². The first-order valence-electron chi connectivity index (χ1n) is 8.45. The minimum absolute atomic E-state index is 0.0718. The SMILES string of the molecule is O=C(Nc1nccs1)c1ccc(NC(=O)C2CCCCCC2)c(Br)c1. The van der Waals surface area contributed by atoms with E-state index in [1.54, 1.807) is 29.8 Å². The maximum atomic E-state index is 12.5. The highest BCUT2D eigenvalue weighted by Crippen LogP contribution is 2.28. The molecule has 1 aromatic heterocycles. The number of hydrogen-bond acceptors (Lipinski definition) is 4. The highest BCUT2D eigenvalue weighted by Gasteiger charge is 2.21. The van der Waals surface area contributed by atoms with E-state index in [9.17, 15) is 9.59 Å². The van der Waals surface area contributed by atoms with Gasteiger partial charge in [-0.3, -0.25) is 14.9 Å². The topological polar surface area (TPSA) is 71.1 Å². The molecule has 0 atom stereocenters. The minimum Gasteiger partial charge on any atom is -0.325 e. The third-order valence-corrected chi connectivity index (χ3v) is 5.71. The van der Waals surface area contributed by atoms with Crippen molar-refractivity contribution in [3.63, 3.8) is 0 Å². The highest BCUT2D eigenvalue weighted by atomic mass is 79.9. The van der Waals surface area contributed by atoms with E-state index in [-0.39, 0.29) is 17.7 Å². The predicted octanol–water partition coefficient (Wildman–Crippen LogP) is 5.07. The summed E-state index contributed by atoms with van der Waals surface area (Å²) in [7, 11) is 0. The average molecular weight is 422 g/mol. The van der Waals surface area contributed by atoms with Crippen LogP contribution in [0, 0.1) is 5.92 Å². The summed E-state index contributed by atoms with van der Waals surface area (Å²) in [5, 5.41) is 8.10. The van der Waals surface area contributed by atoms with Crippen LogP contribution in [0.25, 0.3) is 0 Å². The second kappa shape index (κ2) is 8.58. The Labute approximate surface area is 159 Å². The van der Waals surface area contributed by atoms with Gasteiger partial charge in [-0.05, 0) is 47.0 Å². The van der Waals surface area contributed by atoms with Crippen LogP contribution >= 0.6 is 27.3 Å². The van der Waals surface area contributed by atoms with E-state index in [0.717, 1.165) is 25.7 Å². The van der Waals surface area contributed by atoms with Gasteiger partial charge in [0.2, 0.25) is 5.91 Å². The van der Waals surface area contributed by atoms with E-state index in [2.05, 4.69) is 31.5 Å². The molecular weight excluding hydrogens is 402 g/mol. The van der Waals surface area contributed by atoms with Crippen LogP contribution in [-0.2, 0) is 4.79 Å². The van der Waals surface area contributed by atoms with Crippen molar-refractivity contribution in [3.05, 3.63) is 39.8 Å². The number of benzene rings is 1. The van der Waals surface area contributed by atoms with E-state index < -0.39 is 0 Å². The molecule has 0 radical (unpaired) electrons. The normalized spacial score (nSPS) is 15.4. The predicted molar refractivity (Wildman–Crippen MR) is 104 cm³/mol. The molecular formula is C18H20BrN3O2S. The lowest BCUT2D eigenvalue weighted by Crippen LogP contribution is -2.22. The number of nitrogens with zero attached hydrogens (tertiary/aromatic N) is 1. The Bertz CT molecular complexity index is 741. The first-order chi connectivity index (χ1) is 12.1.